The third kappa shape index (κ3) is 4.56. The molecule has 2 rings (SSSR count). The zero-order valence-electron chi connectivity index (χ0n) is 12.4. The summed E-state index contributed by atoms with van der Waals surface area (Å²) in [7, 11) is 1.58. The summed E-state index contributed by atoms with van der Waals surface area (Å²) in [5.74, 6) is 0.0765. The lowest BCUT2D eigenvalue weighted by molar-refractivity contribution is -0.138. The molecule has 0 N–H and O–H groups in total. The van der Waals surface area contributed by atoms with E-state index in [-0.39, 0.29) is 18.4 Å². The van der Waals surface area contributed by atoms with Crippen LogP contribution in [0.4, 0.5) is 0 Å². The minimum Gasteiger partial charge on any atom is -0.444 e. The quantitative estimate of drug-likeness (QED) is 0.694. The molecule has 122 valence electrons. The monoisotopic (exact) mass is 374 g/mol. The lowest BCUT2D eigenvalue weighted by Crippen LogP contribution is -2.51. The number of hydrogen-bond acceptors (Lipinski definition) is 5. The zero-order chi connectivity index (χ0) is 15.9. The third-order valence-corrected chi connectivity index (χ3v) is 3.79. The van der Waals surface area contributed by atoms with E-state index in [1.807, 2.05) is 0 Å². The molecule has 8 heteroatoms. The molecule has 2 heterocycles. The Labute approximate surface area is 137 Å². The highest BCUT2D eigenvalue weighted by Gasteiger charge is 2.26. The lowest BCUT2D eigenvalue weighted by atomic mass is 10.3. The average molecular weight is 375 g/mol. The maximum Gasteiger partial charge on any atom is 0.289 e. The van der Waals surface area contributed by atoms with Crippen molar-refractivity contribution in [3.63, 3.8) is 0 Å². The number of rotatable bonds is 6. The Morgan fingerprint density at radius 2 is 1.86 bits per heavy atom. The van der Waals surface area contributed by atoms with Crippen LogP contribution in [0.15, 0.2) is 21.2 Å². The topological polar surface area (TPSA) is 72.2 Å². The van der Waals surface area contributed by atoms with Gasteiger partial charge in [-0.1, -0.05) is 0 Å². The molecule has 0 radical (unpaired) electrons. The molecule has 1 aromatic heterocycles. The number of ether oxygens (including phenoxy) is 2. The smallest absolute Gasteiger partial charge is 0.289 e. The van der Waals surface area contributed by atoms with Crippen molar-refractivity contribution in [2.24, 2.45) is 0 Å². The van der Waals surface area contributed by atoms with Gasteiger partial charge in [0.25, 0.3) is 5.91 Å². The zero-order valence-corrected chi connectivity index (χ0v) is 14.0. The van der Waals surface area contributed by atoms with Crippen LogP contribution >= 0.6 is 15.9 Å². The highest BCUT2D eigenvalue weighted by atomic mass is 79.9. The molecule has 22 heavy (non-hydrogen) atoms. The van der Waals surface area contributed by atoms with Gasteiger partial charge in [0, 0.05) is 33.3 Å². The number of methoxy groups -OCH3 is 1. The first-order chi connectivity index (χ1) is 10.6. The van der Waals surface area contributed by atoms with Crippen LogP contribution in [0.1, 0.15) is 10.6 Å². The van der Waals surface area contributed by atoms with E-state index in [4.69, 9.17) is 13.9 Å². The maximum absolute atomic E-state index is 12.2. The summed E-state index contributed by atoms with van der Waals surface area (Å²) in [6, 6.07) is 3.32. The van der Waals surface area contributed by atoms with E-state index in [1.54, 1.807) is 29.0 Å². The van der Waals surface area contributed by atoms with Gasteiger partial charge in [0.05, 0.1) is 13.2 Å². The summed E-state index contributed by atoms with van der Waals surface area (Å²) >= 11 is 3.18. The van der Waals surface area contributed by atoms with E-state index in [0.717, 1.165) is 0 Å². The molecule has 1 aliphatic rings. The van der Waals surface area contributed by atoms with Crippen molar-refractivity contribution in [2.75, 3.05) is 53.1 Å². The van der Waals surface area contributed by atoms with Crippen LogP contribution in [0.3, 0.4) is 0 Å². The molecule has 2 amide bonds. The van der Waals surface area contributed by atoms with Gasteiger partial charge in [-0.05, 0) is 28.1 Å². The molecule has 1 fully saturated rings. The number of carbonyl (C=O) groups excluding carboxylic acids is 2. The van der Waals surface area contributed by atoms with Crippen molar-refractivity contribution in [1.29, 1.82) is 0 Å². The number of piperazine rings is 1. The highest BCUT2D eigenvalue weighted by Crippen LogP contribution is 2.16. The second-order valence-corrected chi connectivity index (χ2v) is 5.60. The molecular formula is C14H19BrN2O5. The third-order valence-electron chi connectivity index (χ3n) is 3.36. The van der Waals surface area contributed by atoms with Gasteiger partial charge < -0.3 is 23.7 Å². The van der Waals surface area contributed by atoms with E-state index in [0.29, 0.717) is 49.8 Å². The number of nitrogens with zero attached hydrogens (tertiary/aromatic N) is 2. The molecule has 0 aromatic carbocycles. The van der Waals surface area contributed by atoms with Crippen molar-refractivity contribution < 1.29 is 23.5 Å². The Kier molecular flexibility index (Phi) is 6.41. The molecule has 0 atom stereocenters. The first-order valence-electron chi connectivity index (χ1n) is 7.01. The number of carbonyl (C=O) groups is 2. The summed E-state index contributed by atoms with van der Waals surface area (Å²) in [5.41, 5.74) is 0. The molecule has 0 saturated carbocycles. The van der Waals surface area contributed by atoms with Crippen LogP contribution in [0, 0.1) is 0 Å². The van der Waals surface area contributed by atoms with Crippen molar-refractivity contribution in [2.45, 2.75) is 0 Å². The van der Waals surface area contributed by atoms with Crippen LogP contribution in [0.2, 0.25) is 0 Å². The Hall–Kier alpha value is -1.38. The Balaban J connectivity index is 1.75. The van der Waals surface area contributed by atoms with E-state index >= 15 is 0 Å². The summed E-state index contributed by atoms with van der Waals surface area (Å²) in [6.07, 6.45) is 0. The lowest BCUT2D eigenvalue weighted by Gasteiger charge is -2.34. The number of amides is 2. The Morgan fingerprint density at radius 3 is 2.45 bits per heavy atom. The Morgan fingerprint density at radius 1 is 1.18 bits per heavy atom. The molecule has 7 nitrogen and oxygen atoms in total. The van der Waals surface area contributed by atoms with Crippen LogP contribution in [0.25, 0.3) is 0 Å². The molecule has 1 aliphatic heterocycles. The first-order valence-corrected chi connectivity index (χ1v) is 7.80. The van der Waals surface area contributed by atoms with Gasteiger partial charge in [-0.25, -0.2) is 0 Å². The maximum atomic E-state index is 12.2. The van der Waals surface area contributed by atoms with Gasteiger partial charge in [0.1, 0.15) is 6.61 Å². The van der Waals surface area contributed by atoms with Crippen LogP contribution < -0.4 is 0 Å². The summed E-state index contributed by atoms with van der Waals surface area (Å²) in [6.45, 7) is 2.88. The van der Waals surface area contributed by atoms with Gasteiger partial charge >= 0.3 is 0 Å². The standard InChI is InChI=1S/C14H19BrN2O5/c1-20-8-9-21-10-13(18)16-4-6-17(7-5-16)14(19)11-2-3-12(15)22-11/h2-3H,4-10H2,1H3. The molecule has 1 saturated heterocycles. The molecule has 0 aliphatic carbocycles. The van der Waals surface area contributed by atoms with E-state index < -0.39 is 0 Å². The average Bonchev–Trinajstić information content (AvgIpc) is 2.97. The first kappa shape index (κ1) is 17.0. The van der Waals surface area contributed by atoms with Crippen LogP contribution in [-0.2, 0) is 14.3 Å². The Bertz CT molecular complexity index is 511. The fourth-order valence-corrected chi connectivity index (χ4v) is 2.44. The molecule has 0 unspecified atom stereocenters. The largest absolute Gasteiger partial charge is 0.444 e. The van der Waals surface area contributed by atoms with Gasteiger partial charge in [0.2, 0.25) is 5.91 Å². The van der Waals surface area contributed by atoms with E-state index in [2.05, 4.69) is 15.9 Å². The van der Waals surface area contributed by atoms with Crippen molar-refractivity contribution in [3.05, 3.63) is 22.6 Å². The summed E-state index contributed by atoms with van der Waals surface area (Å²) in [5, 5.41) is 0. The second kappa shape index (κ2) is 8.30. The summed E-state index contributed by atoms with van der Waals surface area (Å²) < 4.78 is 15.9. The normalized spacial score (nSPS) is 15.2. The molecule has 1 aromatic rings. The summed E-state index contributed by atoms with van der Waals surface area (Å²) in [4.78, 5) is 27.5. The molecular weight excluding hydrogens is 356 g/mol. The number of furan rings is 1. The number of halogens is 1. The van der Waals surface area contributed by atoms with Crippen LogP contribution in [0.5, 0.6) is 0 Å². The SMILES string of the molecule is COCCOCC(=O)N1CCN(C(=O)c2ccc(Br)o2)CC1. The van der Waals surface area contributed by atoms with Crippen LogP contribution in [-0.4, -0.2) is 74.7 Å². The predicted molar refractivity (Wildman–Crippen MR) is 81.6 cm³/mol. The fourth-order valence-electron chi connectivity index (χ4n) is 2.14. The van der Waals surface area contributed by atoms with E-state index in [9.17, 15) is 9.59 Å². The highest BCUT2D eigenvalue weighted by molar-refractivity contribution is 9.10. The van der Waals surface area contributed by atoms with Gasteiger partial charge in [-0.3, -0.25) is 9.59 Å². The van der Waals surface area contributed by atoms with Gasteiger partial charge in [0.15, 0.2) is 10.4 Å². The van der Waals surface area contributed by atoms with Crippen molar-refractivity contribution in [1.82, 2.24) is 9.80 Å². The minimum absolute atomic E-state index is 0.0441. The molecule has 0 spiro atoms. The van der Waals surface area contributed by atoms with Crippen molar-refractivity contribution in [3.8, 4) is 0 Å². The second-order valence-electron chi connectivity index (χ2n) is 4.82. The minimum atomic E-state index is -0.158. The van der Waals surface area contributed by atoms with Gasteiger partial charge in [-0.2, -0.15) is 0 Å². The van der Waals surface area contributed by atoms with Gasteiger partial charge in [-0.15, -0.1) is 0 Å². The predicted octanol–water partition coefficient (Wildman–Crippen LogP) is 0.990. The molecule has 0 bridgehead atoms. The van der Waals surface area contributed by atoms with E-state index in [1.165, 1.54) is 0 Å². The fraction of sp³-hybridized carbons (Fsp3) is 0.571. The van der Waals surface area contributed by atoms with Crippen molar-refractivity contribution >= 4 is 27.7 Å². The number of hydrogen-bond donors (Lipinski definition) is 0.